The lowest BCUT2D eigenvalue weighted by atomic mass is 9.80. The molecule has 1 aromatic rings. The van der Waals surface area contributed by atoms with E-state index >= 15 is 0 Å². The molecule has 1 nitrogen and oxygen atoms in total. The van der Waals surface area contributed by atoms with Crippen molar-refractivity contribution in [3.05, 3.63) is 34.3 Å². The van der Waals surface area contributed by atoms with Gasteiger partial charge in [-0.25, -0.2) is 0 Å². The molecule has 0 N–H and O–H groups in total. The zero-order valence-corrected chi connectivity index (χ0v) is 9.68. The summed E-state index contributed by atoms with van der Waals surface area (Å²) in [5, 5.41) is 0.702. The maximum absolute atomic E-state index is 11.9. The van der Waals surface area contributed by atoms with Crippen LogP contribution in [0.1, 0.15) is 41.6 Å². The summed E-state index contributed by atoms with van der Waals surface area (Å²) in [6.45, 7) is 1.94. The molecule has 1 fully saturated rings. The molecule has 1 aliphatic rings. The van der Waals surface area contributed by atoms with Crippen molar-refractivity contribution in [2.75, 3.05) is 0 Å². The lowest BCUT2D eigenvalue weighted by molar-refractivity contribution is 0.0936. The van der Waals surface area contributed by atoms with Crippen molar-refractivity contribution >= 4 is 17.4 Å². The van der Waals surface area contributed by atoms with Gasteiger partial charge in [0.15, 0.2) is 5.78 Å². The van der Waals surface area contributed by atoms with Crippen LogP contribution in [0.15, 0.2) is 18.2 Å². The van der Waals surface area contributed by atoms with Crippen LogP contribution in [-0.2, 0) is 0 Å². The van der Waals surface area contributed by atoms with Crippen LogP contribution < -0.4 is 0 Å². The third-order valence-electron chi connectivity index (χ3n) is 3.19. The van der Waals surface area contributed by atoms with Crippen molar-refractivity contribution in [2.24, 2.45) is 5.92 Å². The van der Waals surface area contributed by atoms with Crippen LogP contribution >= 0.6 is 11.6 Å². The Balaban J connectivity index is 2.10. The normalized spacial score (nSPS) is 16.1. The number of carbonyl (C=O) groups is 1. The lowest BCUT2D eigenvalue weighted by Crippen LogP contribution is -2.16. The molecule has 0 heterocycles. The predicted octanol–water partition coefficient (Wildman–Crippen LogP) is 4.02. The molecular formula is C13H15ClO. The van der Waals surface area contributed by atoms with Crippen LogP contribution in [0.2, 0.25) is 5.02 Å². The average Bonchev–Trinajstić information content (AvgIpc) is 2.11. The van der Waals surface area contributed by atoms with E-state index in [1.54, 1.807) is 6.07 Å². The molecule has 0 unspecified atom stereocenters. The summed E-state index contributed by atoms with van der Waals surface area (Å²) in [5.74, 6) is 0.904. The topological polar surface area (TPSA) is 17.1 Å². The Morgan fingerprint density at radius 3 is 2.73 bits per heavy atom. The number of benzene rings is 1. The minimum atomic E-state index is 0.272. The van der Waals surface area contributed by atoms with Gasteiger partial charge in [-0.1, -0.05) is 30.9 Å². The van der Waals surface area contributed by atoms with Gasteiger partial charge in [0, 0.05) is 17.0 Å². The number of halogens is 1. The van der Waals surface area contributed by atoms with E-state index in [4.69, 9.17) is 11.6 Å². The SMILES string of the molecule is Cc1cc(Cl)ccc1C(=O)CC1CCC1. The lowest BCUT2D eigenvalue weighted by Gasteiger charge is -2.24. The predicted molar refractivity (Wildman–Crippen MR) is 62.5 cm³/mol. The zero-order chi connectivity index (χ0) is 10.8. The Morgan fingerprint density at radius 1 is 1.47 bits per heavy atom. The van der Waals surface area contributed by atoms with Gasteiger partial charge in [-0.05, 0) is 36.6 Å². The van der Waals surface area contributed by atoms with Gasteiger partial charge in [0.2, 0.25) is 0 Å². The number of hydrogen-bond acceptors (Lipinski definition) is 1. The molecule has 0 atom stereocenters. The van der Waals surface area contributed by atoms with E-state index in [1.165, 1.54) is 19.3 Å². The number of aryl methyl sites for hydroxylation is 1. The number of rotatable bonds is 3. The molecule has 2 heteroatoms. The number of carbonyl (C=O) groups excluding carboxylic acids is 1. The molecule has 1 saturated carbocycles. The molecule has 1 aliphatic carbocycles. The molecule has 80 valence electrons. The molecule has 0 radical (unpaired) electrons. The van der Waals surface area contributed by atoms with Crippen LogP contribution in [0, 0.1) is 12.8 Å². The van der Waals surface area contributed by atoms with Crippen molar-refractivity contribution in [3.63, 3.8) is 0 Å². The molecular weight excluding hydrogens is 208 g/mol. The molecule has 0 aliphatic heterocycles. The van der Waals surface area contributed by atoms with E-state index in [9.17, 15) is 4.79 Å². The number of Topliss-reactive ketones (excluding diaryl/α,β-unsaturated/α-hetero) is 1. The second kappa shape index (κ2) is 4.36. The first-order chi connectivity index (χ1) is 7.16. The Morgan fingerprint density at radius 2 is 2.20 bits per heavy atom. The van der Waals surface area contributed by atoms with Gasteiger partial charge in [-0.15, -0.1) is 0 Å². The van der Waals surface area contributed by atoms with Crippen molar-refractivity contribution in [1.82, 2.24) is 0 Å². The monoisotopic (exact) mass is 222 g/mol. The fourth-order valence-electron chi connectivity index (χ4n) is 2.01. The third kappa shape index (κ3) is 2.40. The molecule has 2 rings (SSSR count). The van der Waals surface area contributed by atoms with Gasteiger partial charge in [0.25, 0.3) is 0 Å². The van der Waals surface area contributed by atoms with Gasteiger partial charge in [-0.2, -0.15) is 0 Å². The maximum Gasteiger partial charge on any atom is 0.163 e. The molecule has 0 bridgehead atoms. The summed E-state index contributed by atoms with van der Waals surface area (Å²) in [7, 11) is 0. The highest BCUT2D eigenvalue weighted by Gasteiger charge is 2.21. The van der Waals surface area contributed by atoms with Crippen molar-refractivity contribution in [3.8, 4) is 0 Å². The largest absolute Gasteiger partial charge is 0.294 e. The van der Waals surface area contributed by atoms with Gasteiger partial charge in [0.05, 0.1) is 0 Å². The summed E-state index contributed by atoms with van der Waals surface area (Å²) in [4.78, 5) is 11.9. The Kier molecular flexibility index (Phi) is 3.11. The number of hydrogen-bond donors (Lipinski definition) is 0. The standard InChI is InChI=1S/C13H15ClO/c1-9-7-11(14)5-6-12(9)13(15)8-10-3-2-4-10/h5-7,10H,2-4,8H2,1H3. The fraction of sp³-hybridized carbons (Fsp3) is 0.462. The van der Waals surface area contributed by atoms with E-state index in [-0.39, 0.29) is 5.78 Å². The summed E-state index contributed by atoms with van der Waals surface area (Å²) in [5.41, 5.74) is 1.83. The van der Waals surface area contributed by atoms with Crippen LogP contribution in [0.4, 0.5) is 0 Å². The Hall–Kier alpha value is -0.820. The second-order valence-corrected chi connectivity index (χ2v) is 4.82. The van der Waals surface area contributed by atoms with E-state index in [0.29, 0.717) is 17.4 Å². The van der Waals surface area contributed by atoms with E-state index in [0.717, 1.165) is 11.1 Å². The quantitative estimate of drug-likeness (QED) is 0.706. The molecule has 15 heavy (non-hydrogen) atoms. The Bertz CT molecular complexity index is 380. The van der Waals surface area contributed by atoms with Gasteiger partial charge in [0.1, 0.15) is 0 Å². The number of ketones is 1. The zero-order valence-electron chi connectivity index (χ0n) is 8.92. The van der Waals surface area contributed by atoms with E-state index in [2.05, 4.69) is 0 Å². The molecule has 1 aromatic carbocycles. The third-order valence-corrected chi connectivity index (χ3v) is 3.42. The first-order valence-corrected chi connectivity index (χ1v) is 5.84. The highest BCUT2D eigenvalue weighted by molar-refractivity contribution is 6.30. The summed E-state index contributed by atoms with van der Waals surface area (Å²) >= 11 is 5.85. The minimum absolute atomic E-state index is 0.272. The molecule has 0 aromatic heterocycles. The smallest absolute Gasteiger partial charge is 0.163 e. The van der Waals surface area contributed by atoms with Crippen molar-refractivity contribution in [2.45, 2.75) is 32.6 Å². The van der Waals surface area contributed by atoms with E-state index < -0.39 is 0 Å². The molecule has 0 spiro atoms. The Labute approximate surface area is 95.4 Å². The first-order valence-electron chi connectivity index (χ1n) is 5.46. The molecule has 0 saturated heterocycles. The second-order valence-electron chi connectivity index (χ2n) is 4.38. The van der Waals surface area contributed by atoms with Gasteiger partial charge < -0.3 is 0 Å². The van der Waals surface area contributed by atoms with Crippen LogP contribution in [0.5, 0.6) is 0 Å². The fourth-order valence-corrected chi connectivity index (χ4v) is 2.24. The van der Waals surface area contributed by atoms with E-state index in [1.807, 2.05) is 19.1 Å². The average molecular weight is 223 g/mol. The summed E-state index contributed by atoms with van der Waals surface area (Å²) in [6.07, 6.45) is 4.44. The van der Waals surface area contributed by atoms with Crippen LogP contribution in [-0.4, -0.2) is 5.78 Å². The van der Waals surface area contributed by atoms with Crippen molar-refractivity contribution < 1.29 is 4.79 Å². The summed E-state index contributed by atoms with van der Waals surface area (Å²) in [6, 6.07) is 5.50. The van der Waals surface area contributed by atoms with Crippen LogP contribution in [0.3, 0.4) is 0 Å². The van der Waals surface area contributed by atoms with Gasteiger partial charge >= 0.3 is 0 Å². The maximum atomic E-state index is 11.9. The highest BCUT2D eigenvalue weighted by atomic mass is 35.5. The van der Waals surface area contributed by atoms with Gasteiger partial charge in [-0.3, -0.25) is 4.79 Å². The molecule has 0 amide bonds. The summed E-state index contributed by atoms with van der Waals surface area (Å²) < 4.78 is 0. The van der Waals surface area contributed by atoms with Crippen LogP contribution in [0.25, 0.3) is 0 Å². The minimum Gasteiger partial charge on any atom is -0.294 e. The first kappa shape index (κ1) is 10.7. The highest BCUT2D eigenvalue weighted by Crippen LogP contribution is 2.31. The van der Waals surface area contributed by atoms with Crippen molar-refractivity contribution in [1.29, 1.82) is 0 Å².